The van der Waals surface area contributed by atoms with Crippen molar-refractivity contribution in [1.29, 1.82) is 0 Å². The number of hydrogen-bond acceptors (Lipinski definition) is 4. The fraction of sp³-hybridized carbons (Fsp3) is 0.900. The molecule has 0 rings (SSSR count). The van der Waals surface area contributed by atoms with Gasteiger partial charge in [0.15, 0.2) is 0 Å². The lowest BCUT2D eigenvalue weighted by atomic mass is 10.2. The van der Waals surface area contributed by atoms with Crippen molar-refractivity contribution in [2.75, 3.05) is 33.5 Å². The van der Waals surface area contributed by atoms with Gasteiger partial charge in [-0.15, -0.1) is 0 Å². The van der Waals surface area contributed by atoms with Gasteiger partial charge in [-0.05, 0) is 12.8 Å². The maximum absolute atomic E-state index is 11.1. The highest BCUT2D eigenvalue weighted by Gasteiger charge is 2.04. The van der Waals surface area contributed by atoms with Crippen molar-refractivity contribution in [3.05, 3.63) is 0 Å². The van der Waals surface area contributed by atoms with E-state index in [2.05, 4.69) is 5.32 Å². The van der Waals surface area contributed by atoms with Gasteiger partial charge in [-0.25, -0.2) is 0 Å². The van der Waals surface area contributed by atoms with Gasteiger partial charge in [0.2, 0.25) is 5.91 Å². The first-order valence-corrected chi connectivity index (χ1v) is 5.22. The molecule has 15 heavy (non-hydrogen) atoms. The van der Waals surface area contributed by atoms with Crippen LogP contribution in [-0.2, 0) is 14.3 Å². The molecule has 0 bridgehead atoms. The third kappa shape index (κ3) is 9.65. The Hall–Kier alpha value is -0.650. The van der Waals surface area contributed by atoms with Gasteiger partial charge in [-0.1, -0.05) is 6.92 Å². The van der Waals surface area contributed by atoms with Crippen molar-refractivity contribution in [3.8, 4) is 0 Å². The van der Waals surface area contributed by atoms with E-state index in [1.165, 1.54) is 7.11 Å². The lowest BCUT2D eigenvalue weighted by molar-refractivity contribution is -0.125. The van der Waals surface area contributed by atoms with E-state index < -0.39 is 6.10 Å². The van der Waals surface area contributed by atoms with Gasteiger partial charge in [-0.2, -0.15) is 0 Å². The second kappa shape index (κ2) is 9.89. The van der Waals surface area contributed by atoms with Crippen LogP contribution in [0.1, 0.15) is 19.8 Å². The monoisotopic (exact) mass is 219 g/mol. The summed E-state index contributed by atoms with van der Waals surface area (Å²) in [5.41, 5.74) is 0. The summed E-state index contributed by atoms with van der Waals surface area (Å²) in [6, 6.07) is 0. The van der Waals surface area contributed by atoms with Crippen molar-refractivity contribution in [2.24, 2.45) is 0 Å². The lowest BCUT2D eigenvalue weighted by Crippen LogP contribution is -2.31. The fourth-order valence-corrected chi connectivity index (χ4v) is 1.01. The minimum Gasteiger partial charge on any atom is -0.391 e. The quantitative estimate of drug-likeness (QED) is 0.533. The number of aliphatic hydroxyl groups is 1. The maximum Gasteiger partial charge on any atom is 0.245 e. The van der Waals surface area contributed by atoms with E-state index in [4.69, 9.17) is 9.47 Å². The molecule has 1 atom stereocenters. The number of carbonyl (C=O) groups is 1. The summed E-state index contributed by atoms with van der Waals surface area (Å²) in [4.78, 5) is 11.1. The van der Waals surface area contributed by atoms with Gasteiger partial charge in [0.1, 0.15) is 6.61 Å². The van der Waals surface area contributed by atoms with Crippen LogP contribution in [0.4, 0.5) is 0 Å². The van der Waals surface area contributed by atoms with Gasteiger partial charge >= 0.3 is 0 Å². The summed E-state index contributed by atoms with van der Waals surface area (Å²) in [6.07, 6.45) is 0.875. The SMILES string of the molecule is CCCOCC(=O)NCCC(O)COC. The van der Waals surface area contributed by atoms with Crippen molar-refractivity contribution < 1.29 is 19.4 Å². The molecule has 0 aliphatic rings. The standard InChI is InChI=1S/C10H21NO4/c1-3-6-15-8-10(13)11-5-4-9(12)7-14-2/h9,12H,3-8H2,1-2H3,(H,11,13). The van der Waals surface area contributed by atoms with E-state index in [0.717, 1.165) is 6.42 Å². The predicted molar refractivity (Wildman–Crippen MR) is 56.6 cm³/mol. The molecule has 0 saturated carbocycles. The largest absolute Gasteiger partial charge is 0.391 e. The summed E-state index contributed by atoms with van der Waals surface area (Å²) in [5.74, 6) is -0.145. The van der Waals surface area contributed by atoms with Crippen LogP contribution in [0.15, 0.2) is 0 Å². The molecular formula is C10H21NO4. The maximum atomic E-state index is 11.1. The predicted octanol–water partition coefficient (Wildman–Crippen LogP) is -0.0734. The average Bonchev–Trinajstić information content (AvgIpc) is 2.18. The molecular weight excluding hydrogens is 198 g/mol. The van der Waals surface area contributed by atoms with Crippen molar-refractivity contribution in [2.45, 2.75) is 25.9 Å². The first-order valence-electron chi connectivity index (χ1n) is 5.22. The van der Waals surface area contributed by atoms with Crippen LogP contribution in [0, 0.1) is 0 Å². The van der Waals surface area contributed by atoms with Crippen molar-refractivity contribution in [1.82, 2.24) is 5.32 Å². The summed E-state index contributed by atoms with van der Waals surface area (Å²) >= 11 is 0. The number of aliphatic hydroxyl groups excluding tert-OH is 1. The molecule has 0 saturated heterocycles. The van der Waals surface area contributed by atoms with E-state index in [0.29, 0.717) is 26.2 Å². The zero-order valence-electron chi connectivity index (χ0n) is 9.49. The second-order valence-corrected chi connectivity index (χ2v) is 3.30. The molecule has 0 fully saturated rings. The van der Waals surface area contributed by atoms with E-state index >= 15 is 0 Å². The van der Waals surface area contributed by atoms with Crippen LogP contribution < -0.4 is 5.32 Å². The molecule has 0 aromatic carbocycles. The number of hydrogen-bond donors (Lipinski definition) is 2. The summed E-state index contributed by atoms with van der Waals surface area (Å²) in [6.45, 7) is 3.41. The number of carbonyl (C=O) groups excluding carboxylic acids is 1. The minimum absolute atomic E-state index is 0.0915. The van der Waals surface area contributed by atoms with Crippen LogP contribution in [0.5, 0.6) is 0 Å². The first kappa shape index (κ1) is 14.3. The second-order valence-electron chi connectivity index (χ2n) is 3.30. The lowest BCUT2D eigenvalue weighted by Gasteiger charge is -2.10. The molecule has 90 valence electrons. The van der Waals surface area contributed by atoms with Crippen LogP contribution in [0.2, 0.25) is 0 Å². The highest BCUT2D eigenvalue weighted by molar-refractivity contribution is 5.77. The molecule has 5 heteroatoms. The Bertz CT molecular complexity index is 164. The van der Waals surface area contributed by atoms with Gasteiger partial charge in [0.05, 0.1) is 12.7 Å². The van der Waals surface area contributed by atoms with Gasteiger partial charge in [-0.3, -0.25) is 4.79 Å². The Morgan fingerprint density at radius 1 is 1.53 bits per heavy atom. The van der Waals surface area contributed by atoms with E-state index in [1.807, 2.05) is 6.92 Å². The molecule has 1 amide bonds. The van der Waals surface area contributed by atoms with Gasteiger partial charge in [0, 0.05) is 20.3 Å². The molecule has 0 spiro atoms. The number of amides is 1. The Morgan fingerprint density at radius 2 is 2.27 bits per heavy atom. The van der Waals surface area contributed by atoms with Gasteiger partial charge in [0.25, 0.3) is 0 Å². The summed E-state index contributed by atoms with van der Waals surface area (Å²) < 4.78 is 9.80. The summed E-state index contributed by atoms with van der Waals surface area (Å²) in [7, 11) is 1.53. The molecule has 0 radical (unpaired) electrons. The molecule has 0 aromatic heterocycles. The molecule has 0 aliphatic carbocycles. The molecule has 0 aromatic rings. The topological polar surface area (TPSA) is 67.8 Å². The number of rotatable bonds is 9. The third-order valence-electron chi connectivity index (χ3n) is 1.74. The molecule has 2 N–H and O–H groups in total. The smallest absolute Gasteiger partial charge is 0.245 e. The highest BCUT2D eigenvalue weighted by atomic mass is 16.5. The first-order chi connectivity index (χ1) is 7.20. The number of methoxy groups -OCH3 is 1. The zero-order chi connectivity index (χ0) is 11.5. The molecule has 1 unspecified atom stereocenters. The summed E-state index contributed by atoms with van der Waals surface area (Å²) in [5, 5.41) is 11.9. The third-order valence-corrected chi connectivity index (χ3v) is 1.74. The van der Waals surface area contributed by atoms with Crippen LogP contribution in [-0.4, -0.2) is 50.6 Å². The minimum atomic E-state index is -0.521. The normalized spacial score (nSPS) is 12.5. The van der Waals surface area contributed by atoms with E-state index in [9.17, 15) is 9.90 Å². The zero-order valence-corrected chi connectivity index (χ0v) is 9.49. The Kier molecular flexibility index (Phi) is 9.46. The number of ether oxygens (including phenoxy) is 2. The Balaban J connectivity index is 3.30. The van der Waals surface area contributed by atoms with E-state index in [-0.39, 0.29) is 12.5 Å². The number of nitrogens with one attached hydrogen (secondary N) is 1. The molecule has 5 nitrogen and oxygen atoms in total. The average molecular weight is 219 g/mol. The van der Waals surface area contributed by atoms with Crippen LogP contribution in [0.25, 0.3) is 0 Å². The molecule has 0 aliphatic heterocycles. The van der Waals surface area contributed by atoms with Crippen molar-refractivity contribution >= 4 is 5.91 Å². The fourth-order valence-electron chi connectivity index (χ4n) is 1.01. The van der Waals surface area contributed by atoms with E-state index in [1.54, 1.807) is 0 Å². The molecule has 0 heterocycles. The highest BCUT2D eigenvalue weighted by Crippen LogP contribution is 1.90. The van der Waals surface area contributed by atoms with Crippen molar-refractivity contribution in [3.63, 3.8) is 0 Å². The Labute approximate surface area is 90.8 Å². The Morgan fingerprint density at radius 3 is 2.87 bits per heavy atom. The van der Waals surface area contributed by atoms with Crippen LogP contribution >= 0.6 is 0 Å². The van der Waals surface area contributed by atoms with Crippen LogP contribution in [0.3, 0.4) is 0 Å². The van der Waals surface area contributed by atoms with Gasteiger partial charge < -0.3 is 19.9 Å².